The van der Waals surface area contributed by atoms with Gasteiger partial charge in [0.15, 0.2) is 0 Å². The highest BCUT2D eigenvalue weighted by molar-refractivity contribution is 6.08. The number of amides is 1. The predicted octanol–water partition coefficient (Wildman–Crippen LogP) is 5.21. The molecule has 0 aliphatic rings. The van der Waals surface area contributed by atoms with E-state index in [1.54, 1.807) is 11.8 Å². The van der Waals surface area contributed by atoms with E-state index in [2.05, 4.69) is 16.4 Å². The number of hydrogen-bond donors (Lipinski definition) is 1. The van der Waals surface area contributed by atoms with Gasteiger partial charge in [-0.2, -0.15) is 5.10 Å². The summed E-state index contributed by atoms with van der Waals surface area (Å²) in [6.07, 6.45) is 1.85. The van der Waals surface area contributed by atoms with Gasteiger partial charge in [0.25, 0.3) is 0 Å². The van der Waals surface area contributed by atoms with Crippen LogP contribution in [-0.4, -0.2) is 27.8 Å². The van der Waals surface area contributed by atoms with Crippen LogP contribution in [0.3, 0.4) is 0 Å². The Hall–Kier alpha value is -4.19. The monoisotopic (exact) mass is 422 g/mol. The predicted molar refractivity (Wildman–Crippen MR) is 127 cm³/mol. The van der Waals surface area contributed by atoms with Gasteiger partial charge in [0.1, 0.15) is 18.0 Å². The fourth-order valence-corrected chi connectivity index (χ4v) is 3.90. The largest absolute Gasteiger partial charge is 0.497 e. The van der Waals surface area contributed by atoms with Crippen molar-refractivity contribution in [3.05, 3.63) is 84.6 Å². The number of carbonyl (C=O) groups excluding carboxylic acids is 1. The Morgan fingerprint density at radius 2 is 1.78 bits per heavy atom. The smallest absolute Gasteiger partial charge is 0.246 e. The summed E-state index contributed by atoms with van der Waals surface area (Å²) in [5.74, 6) is 0.583. The van der Waals surface area contributed by atoms with Crippen molar-refractivity contribution < 1.29 is 9.53 Å². The van der Waals surface area contributed by atoms with Gasteiger partial charge in [0.05, 0.1) is 18.1 Å². The van der Waals surface area contributed by atoms with Crippen LogP contribution in [-0.2, 0) is 11.3 Å². The van der Waals surface area contributed by atoms with E-state index in [9.17, 15) is 4.79 Å². The van der Waals surface area contributed by atoms with Gasteiger partial charge in [-0.25, -0.2) is 0 Å². The van der Waals surface area contributed by atoms with Gasteiger partial charge in [-0.15, -0.1) is 0 Å². The number of nitrogens with one attached hydrogen (secondary N) is 1. The van der Waals surface area contributed by atoms with Crippen LogP contribution in [0.2, 0.25) is 0 Å². The number of benzene rings is 3. The SMILES string of the molecule is COc1ccc(NC(=O)Cn2nc(-c3ccccc3)c3cnc4ccc(C)cc4c32)cc1. The lowest BCUT2D eigenvalue weighted by Crippen LogP contribution is -2.19. The number of nitrogens with zero attached hydrogens (tertiary/aromatic N) is 3. The van der Waals surface area contributed by atoms with Gasteiger partial charge in [-0.3, -0.25) is 14.5 Å². The number of carbonyl (C=O) groups is 1. The van der Waals surface area contributed by atoms with Crippen molar-refractivity contribution >= 4 is 33.4 Å². The number of fused-ring (bicyclic) bond motifs is 3. The average Bonchev–Trinajstić information content (AvgIpc) is 3.18. The first-order valence-electron chi connectivity index (χ1n) is 10.4. The van der Waals surface area contributed by atoms with E-state index in [1.165, 1.54) is 0 Å². The summed E-state index contributed by atoms with van der Waals surface area (Å²) in [4.78, 5) is 17.6. The second-order valence-electron chi connectivity index (χ2n) is 7.69. The standard InChI is InChI=1S/C26H22N4O2/c1-17-8-13-23-21(14-17)26-22(15-27-23)25(18-6-4-3-5-7-18)29-30(26)16-24(31)28-19-9-11-20(32-2)12-10-19/h3-15H,16H2,1-2H3,(H,28,31). The van der Waals surface area contributed by atoms with Crippen molar-refractivity contribution in [1.82, 2.24) is 14.8 Å². The Labute approximate surface area is 185 Å². The molecule has 3 aromatic carbocycles. The van der Waals surface area contributed by atoms with Crippen molar-refractivity contribution in [2.45, 2.75) is 13.5 Å². The molecule has 1 N–H and O–H groups in total. The van der Waals surface area contributed by atoms with Gasteiger partial charge in [0, 0.05) is 28.2 Å². The maximum Gasteiger partial charge on any atom is 0.246 e. The molecular formula is C26H22N4O2. The fourth-order valence-electron chi connectivity index (χ4n) is 3.90. The van der Waals surface area contributed by atoms with Crippen LogP contribution < -0.4 is 10.1 Å². The number of methoxy groups -OCH3 is 1. The van der Waals surface area contributed by atoms with Crippen molar-refractivity contribution in [2.75, 3.05) is 12.4 Å². The molecule has 0 unspecified atom stereocenters. The van der Waals surface area contributed by atoms with Gasteiger partial charge in [-0.1, -0.05) is 42.0 Å². The number of ether oxygens (including phenoxy) is 1. The quantitative estimate of drug-likeness (QED) is 0.422. The second kappa shape index (κ2) is 8.15. The van der Waals surface area contributed by atoms with E-state index in [1.807, 2.05) is 79.9 Å². The molecule has 0 aliphatic heterocycles. The molecular weight excluding hydrogens is 400 g/mol. The number of aryl methyl sites for hydroxylation is 1. The molecule has 5 aromatic rings. The molecule has 0 fully saturated rings. The molecule has 0 radical (unpaired) electrons. The Kier molecular flexibility index (Phi) is 5.03. The maximum atomic E-state index is 12.9. The molecule has 6 nitrogen and oxygen atoms in total. The number of hydrogen-bond acceptors (Lipinski definition) is 4. The summed E-state index contributed by atoms with van der Waals surface area (Å²) in [6.45, 7) is 2.13. The van der Waals surface area contributed by atoms with Crippen molar-refractivity contribution in [3.63, 3.8) is 0 Å². The zero-order valence-electron chi connectivity index (χ0n) is 17.9. The molecule has 2 aromatic heterocycles. The summed E-state index contributed by atoms with van der Waals surface area (Å²) >= 11 is 0. The Morgan fingerprint density at radius 3 is 2.53 bits per heavy atom. The molecule has 32 heavy (non-hydrogen) atoms. The molecule has 0 spiro atoms. The third kappa shape index (κ3) is 3.67. The highest BCUT2D eigenvalue weighted by Gasteiger charge is 2.18. The second-order valence-corrected chi connectivity index (χ2v) is 7.69. The molecule has 158 valence electrons. The zero-order chi connectivity index (χ0) is 22.1. The first kappa shape index (κ1) is 19.8. The summed E-state index contributed by atoms with van der Waals surface area (Å²) in [5, 5.41) is 9.69. The molecule has 1 amide bonds. The first-order chi connectivity index (χ1) is 15.6. The summed E-state index contributed by atoms with van der Waals surface area (Å²) in [6, 6.07) is 23.4. The van der Waals surface area contributed by atoms with Crippen LogP contribution >= 0.6 is 0 Å². The van der Waals surface area contributed by atoms with Crippen LogP contribution in [0, 0.1) is 6.92 Å². The van der Waals surface area contributed by atoms with Gasteiger partial charge in [0.2, 0.25) is 5.91 Å². The minimum Gasteiger partial charge on any atom is -0.497 e. The van der Waals surface area contributed by atoms with Crippen LogP contribution in [0.25, 0.3) is 33.1 Å². The third-order valence-electron chi connectivity index (χ3n) is 5.44. The Bertz CT molecular complexity index is 1420. The summed E-state index contributed by atoms with van der Waals surface area (Å²) in [5.41, 5.74) is 5.41. The highest BCUT2D eigenvalue weighted by Crippen LogP contribution is 2.32. The molecule has 0 saturated carbocycles. The zero-order valence-corrected chi connectivity index (χ0v) is 17.9. The molecule has 0 atom stereocenters. The molecule has 6 heteroatoms. The van der Waals surface area contributed by atoms with Gasteiger partial charge >= 0.3 is 0 Å². The lowest BCUT2D eigenvalue weighted by atomic mass is 10.1. The average molecular weight is 422 g/mol. The van der Waals surface area contributed by atoms with E-state index >= 15 is 0 Å². The lowest BCUT2D eigenvalue weighted by Gasteiger charge is -2.08. The first-order valence-corrected chi connectivity index (χ1v) is 10.4. The van der Waals surface area contributed by atoms with E-state index in [-0.39, 0.29) is 12.5 Å². The number of aromatic nitrogens is 3. The Balaban J connectivity index is 1.59. The topological polar surface area (TPSA) is 69.0 Å². The normalized spacial score (nSPS) is 11.1. The van der Waals surface area contributed by atoms with Crippen LogP contribution in [0.1, 0.15) is 5.56 Å². The maximum absolute atomic E-state index is 12.9. The van der Waals surface area contributed by atoms with Crippen molar-refractivity contribution in [2.24, 2.45) is 0 Å². The minimum atomic E-state index is -0.156. The van der Waals surface area contributed by atoms with Crippen LogP contribution in [0.4, 0.5) is 5.69 Å². The molecule has 2 heterocycles. The van der Waals surface area contributed by atoms with E-state index in [4.69, 9.17) is 9.84 Å². The summed E-state index contributed by atoms with van der Waals surface area (Å²) < 4.78 is 6.96. The van der Waals surface area contributed by atoms with E-state index in [0.29, 0.717) is 5.69 Å². The number of rotatable bonds is 5. The molecule has 0 aliphatic carbocycles. The van der Waals surface area contributed by atoms with Gasteiger partial charge < -0.3 is 10.1 Å². The lowest BCUT2D eigenvalue weighted by molar-refractivity contribution is -0.116. The van der Waals surface area contributed by atoms with Crippen LogP contribution in [0.15, 0.2) is 79.0 Å². The van der Waals surface area contributed by atoms with Crippen LogP contribution in [0.5, 0.6) is 5.75 Å². The number of pyridine rings is 1. The third-order valence-corrected chi connectivity index (χ3v) is 5.44. The highest BCUT2D eigenvalue weighted by atomic mass is 16.5. The molecule has 0 bridgehead atoms. The fraction of sp³-hybridized carbons (Fsp3) is 0.115. The van der Waals surface area contributed by atoms with E-state index in [0.717, 1.165) is 44.4 Å². The number of anilines is 1. The molecule has 0 saturated heterocycles. The minimum absolute atomic E-state index is 0.0857. The Morgan fingerprint density at radius 1 is 1.00 bits per heavy atom. The van der Waals surface area contributed by atoms with Crippen molar-refractivity contribution in [1.29, 1.82) is 0 Å². The summed E-state index contributed by atoms with van der Waals surface area (Å²) in [7, 11) is 1.61. The van der Waals surface area contributed by atoms with Gasteiger partial charge in [-0.05, 0) is 43.3 Å². The van der Waals surface area contributed by atoms with Crippen molar-refractivity contribution in [3.8, 4) is 17.0 Å². The molecule has 5 rings (SSSR count). The van der Waals surface area contributed by atoms with E-state index < -0.39 is 0 Å².